The van der Waals surface area contributed by atoms with E-state index in [1.165, 1.54) is 16.7 Å². The molecule has 0 atom stereocenters. The first-order valence-corrected chi connectivity index (χ1v) is 4.68. The average molecular weight is 182 g/mol. The Bertz CT molecular complexity index is 166. The van der Waals surface area contributed by atoms with Crippen molar-refractivity contribution in [2.75, 3.05) is 7.11 Å². The van der Waals surface area contributed by atoms with Gasteiger partial charge in [0.15, 0.2) is 0 Å². The van der Waals surface area contributed by atoms with Crippen LogP contribution >= 0.6 is 0 Å². The molecule has 0 aliphatic heterocycles. The Balaban J connectivity index is 0. The van der Waals surface area contributed by atoms with Crippen LogP contribution in [0.25, 0.3) is 0 Å². The summed E-state index contributed by atoms with van der Waals surface area (Å²) in [4.78, 5) is 0. The number of aliphatic hydroxyl groups excluding tert-OH is 1. The zero-order chi connectivity index (χ0) is 10.9. The highest BCUT2D eigenvalue weighted by molar-refractivity contribution is 5.27. The summed E-state index contributed by atoms with van der Waals surface area (Å²) in [6, 6.07) is 6.56. The maximum absolute atomic E-state index is 7.00. The third-order valence-electron chi connectivity index (χ3n) is 1.37. The van der Waals surface area contributed by atoms with Crippen molar-refractivity contribution in [2.45, 2.75) is 34.6 Å². The highest BCUT2D eigenvalue weighted by atomic mass is 16.2. The SMILES string of the molecule is CC.CO.Cc1cc(C)cc(C)c1. The van der Waals surface area contributed by atoms with E-state index in [2.05, 4.69) is 39.0 Å². The third-order valence-corrected chi connectivity index (χ3v) is 1.37. The van der Waals surface area contributed by atoms with Crippen molar-refractivity contribution >= 4 is 0 Å². The molecule has 1 heteroatoms. The molecule has 1 nitrogen and oxygen atoms in total. The van der Waals surface area contributed by atoms with Crippen LogP contribution < -0.4 is 0 Å². The second kappa shape index (κ2) is 9.27. The molecule has 0 saturated carbocycles. The molecule has 1 aromatic rings. The third kappa shape index (κ3) is 7.54. The van der Waals surface area contributed by atoms with E-state index in [0.29, 0.717) is 0 Å². The van der Waals surface area contributed by atoms with Crippen molar-refractivity contribution in [1.29, 1.82) is 0 Å². The number of aliphatic hydroxyl groups is 1. The van der Waals surface area contributed by atoms with Gasteiger partial charge in [0.05, 0.1) is 0 Å². The normalized spacial score (nSPS) is 7.62. The molecule has 13 heavy (non-hydrogen) atoms. The Labute approximate surface area is 82.4 Å². The number of benzene rings is 1. The van der Waals surface area contributed by atoms with Gasteiger partial charge in [-0.1, -0.05) is 48.7 Å². The van der Waals surface area contributed by atoms with Gasteiger partial charge >= 0.3 is 0 Å². The van der Waals surface area contributed by atoms with Crippen LogP contribution in [-0.2, 0) is 0 Å². The minimum atomic E-state index is 1.00. The van der Waals surface area contributed by atoms with Crippen LogP contribution in [0.4, 0.5) is 0 Å². The van der Waals surface area contributed by atoms with Crippen molar-refractivity contribution in [1.82, 2.24) is 0 Å². The molecular weight excluding hydrogens is 160 g/mol. The van der Waals surface area contributed by atoms with E-state index < -0.39 is 0 Å². The molecule has 0 unspecified atom stereocenters. The molecule has 0 bridgehead atoms. The van der Waals surface area contributed by atoms with Gasteiger partial charge in [0.2, 0.25) is 0 Å². The van der Waals surface area contributed by atoms with Gasteiger partial charge in [-0.25, -0.2) is 0 Å². The molecule has 0 heterocycles. The topological polar surface area (TPSA) is 20.2 Å². The Morgan fingerprint density at radius 3 is 1.00 bits per heavy atom. The van der Waals surface area contributed by atoms with Crippen LogP contribution in [0.1, 0.15) is 30.5 Å². The van der Waals surface area contributed by atoms with Gasteiger partial charge in [-0.15, -0.1) is 0 Å². The predicted octanol–water partition coefficient (Wildman–Crippen LogP) is 3.25. The molecule has 0 aromatic heterocycles. The van der Waals surface area contributed by atoms with Crippen molar-refractivity contribution in [3.63, 3.8) is 0 Å². The van der Waals surface area contributed by atoms with Crippen LogP contribution in [0, 0.1) is 20.8 Å². The molecule has 1 rings (SSSR count). The molecule has 0 amide bonds. The lowest BCUT2D eigenvalue weighted by Crippen LogP contribution is -1.78. The van der Waals surface area contributed by atoms with Crippen molar-refractivity contribution in [2.24, 2.45) is 0 Å². The van der Waals surface area contributed by atoms with E-state index in [4.69, 9.17) is 5.11 Å². The summed E-state index contributed by atoms with van der Waals surface area (Å²) in [5.74, 6) is 0. The van der Waals surface area contributed by atoms with E-state index in [0.717, 1.165) is 7.11 Å². The highest BCUT2D eigenvalue weighted by Gasteiger charge is 1.87. The van der Waals surface area contributed by atoms with Gasteiger partial charge in [-0.05, 0) is 20.8 Å². The Hall–Kier alpha value is -0.820. The molecule has 0 saturated heterocycles. The Kier molecular flexibility index (Phi) is 10.5. The number of aryl methyl sites for hydroxylation is 3. The lowest BCUT2D eigenvalue weighted by atomic mass is 10.1. The van der Waals surface area contributed by atoms with Crippen molar-refractivity contribution in [3.05, 3.63) is 34.9 Å². The molecule has 76 valence electrons. The monoisotopic (exact) mass is 182 g/mol. The van der Waals surface area contributed by atoms with Crippen LogP contribution in [-0.4, -0.2) is 12.2 Å². The smallest absolute Gasteiger partial charge is 0.0319 e. The number of rotatable bonds is 0. The molecule has 0 radical (unpaired) electrons. The second-order valence-electron chi connectivity index (χ2n) is 2.67. The average Bonchev–Trinajstić information content (AvgIpc) is 2.09. The van der Waals surface area contributed by atoms with E-state index in [1.807, 2.05) is 13.8 Å². The molecule has 0 fully saturated rings. The van der Waals surface area contributed by atoms with Gasteiger partial charge in [0.25, 0.3) is 0 Å². The number of hydrogen-bond donors (Lipinski definition) is 1. The summed E-state index contributed by atoms with van der Waals surface area (Å²) >= 11 is 0. The molecule has 1 N–H and O–H groups in total. The zero-order valence-corrected chi connectivity index (χ0v) is 9.68. The van der Waals surface area contributed by atoms with E-state index in [-0.39, 0.29) is 0 Å². The van der Waals surface area contributed by atoms with Crippen LogP contribution in [0.3, 0.4) is 0 Å². The molecular formula is C12H22O. The standard InChI is InChI=1S/C9H12.C2H6.CH4O/c1-7-4-8(2)6-9(3)5-7;2*1-2/h4-6H,1-3H3;1-2H3;2H,1H3. The summed E-state index contributed by atoms with van der Waals surface area (Å²) in [6.07, 6.45) is 0. The zero-order valence-electron chi connectivity index (χ0n) is 9.68. The summed E-state index contributed by atoms with van der Waals surface area (Å²) in [5, 5.41) is 7.00. The first kappa shape index (κ1) is 14.7. The highest BCUT2D eigenvalue weighted by Crippen LogP contribution is 2.06. The summed E-state index contributed by atoms with van der Waals surface area (Å²) in [6.45, 7) is 10.4. The molecule has 0 aliphatic carbocycles. The maximum atomic E-state index is 7.00. The van der Waals surface area contributed by atoms with Gasteiger partial charge in [0.1, 0.15) is 0 Å². The first-order chi connectivity index (χ1) is 6.18. The minimum absolute atomic E-state index is 1.00. The maximum Gasteiger partial charge on any atom is 0.0319 e. The van der Waals surface area contributed by atoms with Crippen LogP contribution in [0.5, 0.6) is 0 Å². The Morgan fingerprint density at radius 2 is 0.846 bits per heavy atom. The lowest BCUT2D eigenvalue weighted by Gasteiger charge is -1.96. The summed E-state index contributed by atoms with van der Waals surface area (Å²) in [7, 11) is 1.00. The van der Waals surface area contributed by atoms with Gasteiger partial charge < -0.3 is 5.11 Å². The van der Waals surface area contributed by atoms with Crippen molar-refractivity contribution in [3.8, 4) is 0 Å². The molecule has 0 spiro atoms. The molecule has 1 aromatic carbocycles. The van der Waals surface area contributed by atoms with Crippen molar-refractivity contribution < 1.29 is 5.11 Å². The lowest BCUT2D eigenvalue weighted by molar-refractivity contribution is 0.399. The van der Waals surface area contributed by atoms with E-state index in [1.54, 1.807) is 0 Å². The van der Waals surface area contributed by atoms with Gasteiger partial charge in [0, 0.05) is 7.11 Å². The van der Waals surface area contributed by atoms with Crippen LogP contribution in [0.2, 0.25) is 0 Å². The molecule has 0 aliphatic rings. The largest absolute Gasteiger partial charge is 0.400 e. The fourth-order valence-corrected chi connectivity index (χ4v) is 1.20. The second-order valence-corrected chi connectivity index (χ2v) is 2.67. The van der Waals surface area contributed by atoms with Gasteiger partial charge in [-0.2, -0.15) is 0 Å². The van der Waals surface area contributed by atoms with Crippen LogP contribution in [0.15, 0.2) is 18.2 Å². The minimum Gasteiger partial charge on any atom is -0.400 e. The predicted molar refractivity (Wildman–Crippen MR) is 60.1 cm³/mol. The van der Waals surface area contributed by atoms with E-state index in [9.17, 15) is 0 Å². The van der Waals surface area contributed by atoms with Gasteiger partial charge in [-0.3, -0.25) is 0 Å². The quantitative estimate of drug-likeness (QED) is 0.653. The fourth-order valence-electron chi connectivity index (χ4n) is 1.20. The first-order valence-electron chi connectivity index (χ1n) is 4.68. The summed E-state index contributed by atoms with van der Waals surface area (Å²) in [5.41, 5.74) is 4.06. The summed E-state index contributed by atoms with van der Waals surface area (Å²) < 4.78 is 0. The van der Waals surface area contributed by atoms with E-state index >= 15 is 0 Å². The Morgan fingerprint density at radius 1 is 0.692 bits per heavy atom. The fraction of sp³-hybridized carbons (Fsp3) is 0.500. The number of hydrogen-bond acceptors (Lipinski definition) is 1.